The third kappa shape index (κ3) is 6.99. The van der Waals surface area contributed by atoms with Gasteiger partial charge in [-0.25, -0.2) is 0 Å². The zero-order chi connectivity index (χ0) is 38.7. The van der Waals surface area contributed by atoms with Crippen LogP contribution in [0.15, 0.2) is 54.9 Å². The number of fused-ring (bicyclic) bond motifs is 4. The van der Waals surface area contributed by atoms with Crippen molar-refractivity contribution in [3.63, 3.8) is 0 Å². The van der Waals surface area contributed by atoms with Crippen LogP contribution in [0.3, 0.4) is 0 Å². The summed E-state index contributed by atoms with van der Waals surface area (Å²) >= 11 is 0. The van der Waals surface area contributed by atoms with E-state index in [9.17, 15) is 27.6 Å². The molecule has 7 heterocycles. The number of aromatic nitrogens is 3. The fraction of sp³-hybridized carbons (Fsp3) is 0.488. The highest BCUT2D eigenvalue weighted by atomic mass is 19.4. The Morgan fingerprint density at radius 1 is 0.875 bits per heavy atom. The van der Waals surface area contributed by atoms with Gasteiger partial charge in [-0.3, -0.25) is 39.6 Å². The molecule has 2 aromatic carbocycles. The minimum atomic E-state index is -4.34. The number of rotatable bonds is 7. The van der Waals surface area contributed by atoms with Crippen LogP contribution in [0.5, 0.6) is 0 Å². The summed E-state index contributed by atoms with van der Waals surface area (Å²) in [7, 11) is 0. The second-order valence-electron chi connectivity index (χ2n) is 16.1. The number of carbonyl (C=O) groups is 3. The summed E-state index contributed by atoms with van der Waals surface area (Å²) in [5, 5.41) is 10.5. The first-order valence-electron chi connectivity index (χ1n) is 19.7. The van der Waals surface area contributed by atoms with Crippen molar-refractivity contribution in [2.24, 2.45) is 5.92 Å². The zero-order valence-electron chi connectivity index (χ0n) is 31.4. The van der Waals surface area contributed by atoms with Crippen LogP contribution in [0.25, 0.3) is 10.9 Å². The van der Waals surface area contributed by atoms with Gasteiger partial charge in [-0.1, -0.05) is 6.07 Å². The van der Waals surface area contributed by atoms with Gasteiger partial charge in [0.15, 0.2) is 0 Å². The molecule has 294 valence electrons. The summed E-state index contributed by atoms with van der Waals surface area (Å²) in [6.07, 6.45) is 2.46. The predicted molar refractivity (Wildman–Crippen MR) is 204 cm³/mol. The predicted octanol–water partition coefficient (Wildman–Crippen LogP) is 4.66. The molecule has 3 atom stereocenters. The summed E-state index contributed by atoms with van der Waals surface area (Å²) in [6.45, 7) is 7.74. The normalized spacial score (nSPS) is 24.2. The highest BCUT2D eigenvalue weighted by Gasteiger charge is 2.42. The summed E-state index contributed by atoms with van der Waals surface area (Å²) in [4.78, 5) is 52.4. The maximum absolute atomic E-state index is 13.9. The Balaban J connectivity index is 0.791. The van der Waals surface area contributed by atoms with Crippen LogP contribution < -0.4 is 15.1 Å². The van der Waals surface area contributed by atoms with E-state index in [-0.39, 0.29) is 24.3 Å². The number of halogens is 3. The first kappa shape index (κ1) is 36.6. The van der Waals surface area contributed by atoms with Gasteiger partial charge in [-0.2, -0.15) is 18.3 Å². The summed E-state index contributed by atoms with van der Waals surface area (Å²) in [6, 6.07) is 12.1. The summed E-state index contributed by atoms with van der Waals surface area (Å²) in [5.41, 5.74) is 7.01. The number of piperazine rings is 1. The molecular weight excluding hydrogens is 724 g/mol. The number of aromatic amines is 1. The van der Waals surface area contributed by atoms with Crippen molar-refractivity contribution >= 4 is 40.0 Å². The minimum Gasteiger partial charge on any atom is -0.370 e. The van der Waals surface area contributed by atoms with Crippen molar-refractivity contribution < 1.29 is 27.6 Å². The molecule has 2 aromatic heterocycles. The third-order valence-corrected chi connectivity index (χ3v) is 12.6. The molecule has 4 aromatic rings. The van der Waals surface area contributed by atoms with Crippen LogP contribution in [-0.4, -0.2) is 118 Å². The largest absolute Gasteiger partial charge is 0.401 e. The number of imide groups is 1. The van der Waals surface area contributed by atoms with Crippen molar-refractivity contribution in [2.45, 2.75) is 69.9 Å². The molecule has 9 rings (SSSR count). The smallest absolute Gasteiger partial charge is 0.370 e. The Morgan fingerprint density at radius 2 is 1.64 bits per heavy atom. The average molecular weight is 770 g/mol. The van der Waals surface area contributed by atoms with Crippen molar-refractivity contribution in [3.05, 3.63) is 82.8 Å². The number of pyridine rings is 1. The fourth-order valence-corrected chi connectivity index (χ4v) is 9.64. The number of H-pyrrole nitrogens is 1. The van der Waals surface area contributed by atoms with E-state index in [1.165, 1.54) is 4.90 Å². The lowest BCUT2D eigenvalue weighted by Crippen LogP contribution is -2.52. The van der Waals surface area contributed by atoms with Gasteiger partial charge in [0, 0.05) is 81.5 Å². The molecular formula is C41H46F3N9O3. The number of benzene rings is 2. The van der Waals surface area contributed by atoms with E-state index in [1.807, 2.05) is 49.5 Å². The molecule has 3 fully saturated rings. The van der Waals surface area contributed by atoms with Gasteiger partial charge < -0.3 is 14.7 Å². The Bertz CT molecular complexity index is 2140. The molecule has 2 unspecified atom stereocenters. The number of amides is 3. The number of hydrogen-bond acceptors (Lipinski definition) is 9. The number of piperidine rings is 2. The summed E-state index contributed by atoms with van der Waals surface area (Å²) in [5.74, 6) is -0.268. The van der Waals surface area contributed by atoms with E-state index in [0.29, 0.717) is 36.6 Å². The van der Waals surface area contributed by atoms with E-state index < -0.39 is 30.7 Å². The lowest BCUT2D eigenvalue weighted by atomic mass is 9.85. The van der Waals surface area contributed by atoms with Gasteiger partial charge in [0.1, 0.15) is 6.04 Å². The van der Waals surface area contributed by atoms with Crippen LogP contribution in [0.4, 0.5) is 24.5 Å². The number of alkyl halides is 3. The van der Waals surface area contributed by atoms with E-state index in [1.54, 1.807) is 11.1 Å². The van der Waals surface area contributed by atoms with E-state index in [0.717, 1.165) is 97.6 Å². The van der Waals surface area contributed by atoms with E-state index in [2.05, 4.69) is 36.3 Å². The van der Waals surface area contributed by atoms with Gasteiger partial charge in [0.2, 0.25) is 11.8 Å². The van der Waals surface area contributed by atoms with Gasteiger partial charge in [-0.05, 0) is 91.6 Å². The van der Waals surface area contributed by atoms with E-state index >= 15 is 0 Å². The SMILES string of the molecule is C[C@@H]1Cc2c(ccc3[nH]ncc23)C(c2ccc(N3CCC(CN4CCN(c5ccc6c(c5)CN(C5CCC(=O)NC5=O)C6=O)CC4)CC3)cn2)N1CC(F)(F)F. The maximum Gasteiger partial charge on any atom is 0.401 e. The average Bonchev–Trinajstić information content (AvgIpc) is 3.80. The second kappa shape index (κ2) is 14.5. The number of anilines is 2. The monoisotopic (exact) mass is 769 g/mol. The molecule has 5 aliphatic rings. The van der Waals surface area contributed by atoms with Crippen molar-refractivity contribution in [3.8, 4) is 0 Å². The minimum absolute atomic E-state index is 0.154. The van der Waals surface area contributed by atoms with Gasteiger partial charge in [0.05, 0.1) is 41.9 Å². The Kier molecular flexibility index (Phi) is 9.47. The molecule has 3 saturated heterocycles. The molecule has 2 N–H and O–H groups in total. The van der Waals surface area contributed by atoms with Crippen LogP contribution >= 0.6 is 0 Å². The zero-order valence-corrected chi connectivity index (χ0v) is 31.4. The lowest BCUT2D eigenvalue weighted by Gasteiger charge is -2.42. The number of nitrogens with one attached hydrogen (secondary N) is 2. The fourth-order valence-electron chi connectivity index (χ4n) is 9.64. The topological polar surface area (TPSA) is 121 Å². The van der Waals surface area contributed by atoms with Crippen molar-refractivity contribution in [1.82, 2.24) is 35.2 Å². The van der Waals surface area contributed by atoms with Crippen molar-refractivity contribution in [1.29, 1.82) is 0 Å². The van der Waals surface area contributed by atoms with E-state index in [4.69, 9.17) is 4.98 Å². The van der Waals surface area contributed by atoms with Crippen LogP contribution in [0.1, 0.15) is 71.4 Å². The lowest BCUT2D eigenvalue weighted by molar-refractivity contribution is -0.155. The number of hydrogen-bond donors (Lipinski definition) is 2. The van der Waals surface area contributed by atoms with Gasteiger partial charge >= 0.3 is 6.18 Å². The Morgan fingerprint density at radius 3 is 2.38 bits per heavy atom. The van der Waals surface area contributed by atoms with Crippen molar-refractivity contribution in [2.75, 3.05) is 62.2 Å². The molecule has 0 saturated carbocycles. The number of carbonyl (C=O) groups excluding carboxylic acids is 3. The molecule has 12 nitrogen and oxygen atoms in total. The summed E-state index contributed by atoms with van der Waals surface area (Å²) < 4.78 is 41.6. The molecule has 5 aliphatic heterocycles. The molecule has 0 bridgehead atoms. The van der Waals surface area contributed by atoms with Crippen LogP contribution in [0.2, 0.25) is 0 Å². The molecule has 0 radical (unpaired) electrons. The standard InChI is InChI=1S/C41H46F3N9O3/c1-25-18-32-31(5-7-34-33(32)21-46-48-34)38(53(25)24-41(42,43)44)35-6-3-29(20-45-35)50-12-10-26(11-13-50)22-49-14-16-51(17-15-49)28-2-4-30-27(19-28)23-52(40(30)56)36-8-9-37(54)47-39(36)55/h2-7,19-21,25-26,36,38H,8-18,22-24H2,1H3,(H,46,48)(H,47,54,55)/t25-,36?,38?/m1/s1. The first-order chi connectivity index (χ1) is 27.0. The number of nitrogens with zero attached hydrogens (tertiary/aromatic N) is 7. The molecule has 56 heavy (non-hydrogen) atoms. The molecule has 0 spiro atoms. The second-order valence-corrected chi connectivity index (χ2v) is 16.1. The third-order valence-electron chi connectivity index (χ3n) is 12.6. The Hall–Kier alpha value is -5.02. The Labute approximate surface area is 323 Å². The molecule has 3 amide bonds. The van der Waals surface area contributed by atoms with Crippen LogP contribution in [0, 0.1) is 5.92 Å². The maximum atomic E-state index is 13.9. The quantitative estimate of drug-likeness (QED) is 0.259. The highest BCUT2D eigenvalue weighted by Crippen LogP contribution is 2.42. The highest BCUT2D eigenvalue weighted by molar-refractivity contribution is 6.05. The first-order valence-corrected chi connectivity index (χ1v) is 19.7. The van der Waals surface area contributed by atoms with Gasteiger partial charge in [-0.15, -0.1) is 0 Å². The van der Waals surface area contributed by atoms with Crippen LogP contribution in [-0.2, 0) is 22.6 Å². The van der Waals surface area contributed by atoms with Gasteiger partial charge in [0.25, 0.3) is 5.91 Å². The molecule has 0 aliphatic carbocycles. The molecule has 15 heteroatoms.